The molecule has 4 heterocycles. The largest absolute Gasteiger partial charge is 0.372 e. The van der Waals surface area contributed by atoms with Crippen LogP contribution in [0.25, 0.3) is 0 Å². The van der Waals surface area contributed by atoms with Crippen LogP contribution in [0.2, 0.25) is 0 Å². The number of nitrogens with zero attached hydrogens (tertiary/aromatic N) is 2. The fourth-order valence-corrected chi connectivity index (χ4v) is 5.65. The lowest BCUT2D eigenvalue weighted by molar-refractivity contribution is -0.153. The molecule has 0 saturated carbocycles. The molecule has 5 rings (SSSR count). The van der Waals surface area contributed by atoms with Crippen LogP contribution in [0, 0.1) is 5.41 Å². The van der Waals surface area contributed by atoms with E-state index in [1.165, 1.54) is 0 Å². The predicted octanol–water partition coefficient (Wildman–Crippen LogP) is 0.115. The standard InChI is InChI=1S/C21H27N5O4/c1-11-9-26-16-4-3-15(25-6-5-14(22)10-25)7-13(16)8-21(17(26)12(2)30-11)18(27)23-20(29)24-19(21)28/h3-4,7,11-12,14,17H,5-6,8-10,22H2,1-2H3,(H2,23,24,27,28,29)/t11-,12+,14+,17-/m1/s1. The maximum Gasteiger partial charge on any atom is 0.328 e. The Morgan fingerprint density at radius 3 is 2.53 bits per heavy atom. The number of nitrogens with one attached hydrogen (secondary N) is 2. The molecule has 160 valence electrons. The van der Waals surface area contributed by atoms with Crippen LogP contribution in [0.5, 0.6) is 0 Å². The molecular weight excluding hydrogens is 386 g/mol. The van der Waals surface area contributed by atoms with Crippen LogP contribution in [0.4, 0.5) is 16.2 Å². The van der Waals surface area contributed by atoms with E-state index in [1.54, 1.807) is 0 Å². The Kier molecular flexibility index (Phi) is 4.30. The van der Waals surface area contributed by atoms with E-state index in [4.69, 9.17) is 10.5 Å². The number of carbonyl (C=O) groups excluding carboxylic acids is 3. The van der Waals surface area contributed by atoms with Crippen molar-refractivity contribution in [2.24, 2.45) is 11.1 Å². The number of fused-ring (bicyclic) bond motifs is 4. The second-order valence-corrected chi connectivity index (χ2v) is 8.94. The molecule has 0 aliphatic carbocycles. The highest BCUT2D eigenvalue weighted by Crippen LogP contribution is 2.47. The fourth-order valence-electron chi connectivity index (χ4n) is 5.65. The smallest absolute Gasteiger partial charge is 0.328 e. The second kappa shape index (κ2) is 6.68. The number of ether oxygens (including phenoxy) is 1. The van der Waals surface area contributed by atoms with Gasteiger partial charge < -0.3 is 20.3 Å². The van der Waals surface area contributed by atoms with Gasteiger partial charge in [-0.05, 0) is 50.5 Å². The summed E-state index contributed by atoms with van der Waals surface area (Å²) in [6.07, 6.45) is 0.744. The Hall–Kier alpha value is -2.65. The summed E-state index contributed by atoms with van der Waals surface area (Å²) in [6.45, 7) is 6.10. The summed E-state index contributed by atoms with van der Waals surface area (Å²) in [6, 6.07) is 5.10. The van der Waals surface area contributed by atoms with Gasteiger partial charge in [-0.1, -0.05) is 0 Å². The van der Waals surface area contributed by atoms with Crippen LogP contribution in [-0.2, 0) is 20.7 Å². The highest BCUT2D eigenvalue weighted by Gasteiger charge is 2.62. The Morgan fingerprint density at radius 1 is 1.13 bits per heavy atom. The molecular formula is C21H27N5O4. The highest BCUT2D eigenvalue weighted by atomic mass is 16.5. The Bertz CT molecular complexity index is 914. The first-order valence-corrected chi connectivity index (χ1v) is 10.5. The van der Waals surface area contributed by atoms with E-state index in [1.807, 2.05) is 13.8 Å². The van der Waals surface area contributed by atoms with Crippen molar-refractivity contribution in [3.05, 3.63) is 23.8 Å². The predicted molar refractivity (Wildman–Crippen MR) is 110 cm³/mol. The third-order valence-corrected chi connectivity index (χ3v) is 6.88. The fraction of sp³-hybridized carbons (Fsp3) is 0.571. The molecule has 4 aliphatic heterocycles. The molecule has 1 spiro atoms. The molecule has 4 aliphatic rings. The minimum absolute atomic E-state index is 0.0492. The number of amides is 4. The van der Waals surface area contributed by atoms with E-state index >= 15 is 0 Å². The van der Waals surface area contributed by atoms with E-state index in [0.29, 0.717) is 6.54 Å². The number of rotatable bonds is 1. The summed E-state index contributed by atoms with van der Waals surface area (Å²) in [5, 5.41) is 4.64. The minimum Gasteiger partial charge on any atom is -0.372 e. The van der Waals surface area contributed by atoms with Gasteiger partial charge in [0, 0.05) is 37.1 Å². The molecule has 4 amide bonds. The Balaban J connectivity index is 1.62. The van der Waals surface area contributed by atoms with Crippen molar-refractivity contribution in [2.75, 3.05) is 29.4 Å². The average molecular weight is 413 g/mol. The third kappa shape index (κ3) is 2.72. The average Bonchev–Trinajstić information content (AvgIpc) is 3.11. The third-order valence-electron chi connectivity index (χ3n) is 6.88. The van der Waals surface area contributed by atoms with Crippen LogP contribution in [-0.4, -0.2) is 61.8 Å². The summed E-state index contributed by atoms with van der Waals surface area (Å²) >= 11 is 0. The maximum atomic E-state index is 13.2. The SMILES string of the molecule is C[C@@H]1CN2c3ccc(N4CC[C@H](N)C4)cc3CC3(C(=O)NC(=O)NC3=O)[C@H]2[C@H](C)O1. The lowest BCUT2D eigenvalue weighted by Crippen LogP contribution is -2.75. The van der Waals surface area contributed by atoms with E-state index in [0.717, 1.165) is 36.4 Å². The number of hydrogen-bond donors (Lipinski definition) is 3. The number of benzene rings is 1. The minimum atomic E-state index is -1.43. The summed E-state index contributed by atoms with van der Waals surface area (Å²) in [7, 11) is 0. The first-order valence-electron chi connectivity index (χ1n) is 10.5. The van der Waals surface area contributed by atoms with Crippen LogP contribution in [0.3, 0.4) is 0 Å². The van der Waals surface area contributed by atoms with Gasteiger partial charge in [-0.2, -0.15) is 0 Å². The molecule has 3 saturated heterocycles. The molecule has 1 aromatic rings. The van der Waals surface area contributed by atoms with Gasteiger partial charge in [-0.15, -0.1) is 0 Å². The molecule has 0 radical (unpaired) electrons. The number of barbiturate groups is 1. The Labute approximate surface area is 174 Å². The summed E-state index contributed by atoms with van der Waals surface area (Å²) < 4.78 is 6.03. The van der Waals surface area contributed by atoms with E-state index in [2.05, 4.69) is 38.6 Å². The number of carbonyl (C=O) groups is 3. The molecule has 1 aromatic carbocycles. The van der Waals surface area contributed by atoms with Gasteiger partial charge in [0.2, 0.25) is 11.8 Å². The second-order valence-electron chi connectivity index (χ2n) is 8.94. The molecule has 0 aromatic heterocycles. The van der Waals surface area contributed by atoms with Crippen LogP contribution in [0.15, 0.2) is 18.2 Å². The van der Waals surface area contributed by atoms with Crippen molar-refractivity contribution < 1.29 is 19.1 Å². The number of hydrogen-bond acceptors (Lipinski definition) is 7. The highest BCUT2D eigenvalue weighted by molar-refractivity contribution is 6.20. The summed E-state index contributed by atoms with van der Waals surface area (Å²) in [4.78, 5) is 42.5. The molecule has 9 nitrogen and oxygen atoms in total. The van der Waals surface area contributed by atoms with Crippen molar-refractivity contribution in [3.63, 3.8) is 0 Å². The normalized spacial score (nSPS) is 32.6. The first kappa shape index (κ1) is 19.3. The van der Waals surface area contributed by atoms with E-state index in [-0.39, 0.29) is 24.7 Å². The number of nitrogens with two attached hydrogens (primary N) is 1. The van der Waals surface area contributed by atoms with Crippen molar-refractivity contribution >= 4 is 29.2 Å². The van der Waals surface area contributed by atoms with E-state index < -0.39 is 29.3 Å². The topological polar surface area (TPSA) is 117 Å². The zero-order chi connectivity index (χ0) is 21.2. The van der Waals surface area contributed by atoms with E-state index in [9.17, 15) is 14.4 Å². The number of imide groups is 2. The van der Waals surface area contributed by atoms with Crippen LogP contribution >= 0.6 is 0 Å². The van der Waals surface area contributed by atoms with Crippen LogP contribution < -0.4 is 26.2 Å². The number of morpholine rings is 1. The molecule has 9 heteroatoms. The lowest BCUT2D eigenvalue weighted by Gasteiger charge is -2.55. The zero-order valence-corrected chi connectivity index (χ0v) is 17.2. The number of urea groups is 1. The van der Waals surface area contributed by atoms with Crippen molar-refractivity contribution in [1.82, 2.24) is 10.6 Å². The molecule has 0 unspecified atom stereocenters. The monoisotopic (exact) mass is 413 g/mol. The van der Waals surface area contributed by atoms with Crippen molar-refractivity contribution in [2.45, 2.75) is 51.0 Å². The van der Waals surface area contributed by atoms with Gasteiger partial charge in [0.15, 0.2) is 5.41 Å². The molecule has 30 heavy (non-hydrogen) atoms. The number of anilines is 2. The lowest BCUT2D eigenvalue weighted by atomic mass is 9.66. The molecule has 3 fully saturated rings. The summed E-state index contributed by atoms with van der Waals surface area (Å²) in [5.41, 5.74) is 7.62. The van der Waals surface area contributed by atoms with Crippen molar-refractivity contribution in [3.8, 4) is 0 Å². The first-order chi connectivity index (χ1) is 14.3. The van der Waals surface area contributed by atoms with Gasteiger partial charge in [0.1, 0.15) is 0 Å². The molecule has 4 atom stereocenters. The van der Waals surface area contributed by atoms with Gasteiger partial charge in [0.05, 0.1) is 18.2 Å². The Morgan fingerprint density at radius 2 is 1.87 bits per heavy atom. The zero-order valence-electron chi connectivity index (χ0n) is 17.2. The molecule has 4 N–H and O–H groups in total. The van der Waals surface area contributed by atoms with Crippen molar-refractivity contribution in [1.29, 1.82) is 0 Å². The molecule has 0 bridgehead atoms. The quantitative estimate of drug-likeness (QED) is 0.560. The van der Waals surface area contributed by atoms with Gasteiger partial charge in [0.25, 0.3) is 0 Å². The van der Waals surface area contributed by atoms with Gasteiger partial charge in [-0.3, -0.25) is 20.2 Å². The van der Waals surface area contributed by atoms with Crippen LogP contribution in [0.1, 0.15) is 25.8 Å². The maximum absolute atomic E-state index is 13.2. The van der Waals surface area contributed by atoms with Gasteiger partial charge in [-0.25, -0.2) is 4.79 Å². The van der Waals surface area contributed by atoms with Gasteiger partial charge >= 0.3 is 6.03 Å². The summed E-state index contributed by atoms with van der Waals surface area (Å²) in [5.74, 6) is -1.12.